The first-order valence-electron chi connectivity index (χ1n) is 6.78. The minimum atomic E-state index is -0.105. The summed E-state index contributed by atoms with van der Waals surface area (Å²) in [6.07, 6.45) is 2.40. The number of nitrogens with one attached hydrogen (secondary N) is 1. The second-order valence-corrected chi connectivity index (χ2v) is 4.30. The fourth-order valence-corrected chi connectivity index (χ4v) is 1.64. The number of ether oxygens (including phenoxy) is 1. The maximum Gasteiger partial charge on any atom is 0.251 e. The third-order valence-electron chi connectivity index (χ3n) is 2.74. The molecule has 0 aromatic heterocycles. The highest BCUT2D eigenvalue weighted by molar-refractivity contribution is 5.94. The molecular formula is C16H21NO3. The molecule has 0 saturated heterocycles. The first-order chi connectivity index (χ1) is 9.72. The Kier molecular flexibility index (Phi) is 7.23. The van der Waals surface area contributed by atoms with Crippen LogP contribution in [0.15, 0.2) is 18.2 Å². The Balaban J connectivity index is 2.86. The monoisotopic (exact) mass is 275 g/mol. The Hall–Kier alpha value is -1.99. The first kappa shape index (κ1) is 16.1. The number of methoxy groups -OCH3 is 1. The van der Waals surface area contributed by atoms with E-state index in [2.05, 4.69) is 24.1 Å². The summed E-state index contributed by atoms with van der Waals surface area (Å²) in [7, 11) is 1.56. The van der Waals surface area contributed by atoms with Crippen molar-refractivity contribution in [3.8, 4) is 17.6 Å². The second kappa shape index (κ2) is 9.00. The van der Waals surface area contributed by atoms with E-state index in [1.54, 1.807) is 25.3 Å². The number of hydrogen-bond acceptors (Lipinski definition) is 3. The van der Waals surface area contributed by atoms with Crippen molar-refractivity contribution in [3.63, 3.8) is 0 Å². The lowest BCUT2D eigenvalue weighted by Crippen LogP contribution is -2.24. The maximum atomic E-state index is 12.0. The zero-order valence-corrected chi connectivity index (χ0v) is 12.0. The van der Waals surface area contributed by atoms with Crippen LogP contribution in [0.25, 0.3) is 0 Å². The molecule has 20 heavy (non-hydrogen) atoms. The molecule has 0 saturated carbocycles. The van der Waals surface area contributed by atoms with E-state index in [0.29, 0.717) is 29.8 Å². The average Bonchev–Trinajstić information content (AvgIpc) is 2.47. The highest BCUT2D eigenvalue weighted by atomic mass is 16.5. The van der Waals surface area contributed by atoms with Gasteiger partial charge in [-0.1, -0.05) is 25.2 Å². The Bertz CT molecular complexity index is 500. The summed E-state index contributed by atoms with van der Waals surface area (Å²) in [6, 6.07) is 5.17. The average molecular weight is 275 g/mol. The van der Waals surface area contributed by atoms with Gasteiger partial charge in [0, 0.05) is 18.5 Å². The molecule has 0 aliphatic carbocycles. The van der Waals surface area contributed by atoms with Crippen LogP contribution < -0.4 is 10.1 Å². The van der Waals surface area contributed by atoms with Crippen LogP contribution in [0.3, 0.4) is 0 Å². The molecule has 0 atom stereocenters. The van der Waals surface area contributed by atoms with E-state index in [1.165, 1.54) is 0 Å². The van der Waals surface area contributed by atoms with Crippen molar-refractivity contribution in [2.45, 2.75) is 26.2 Å². The van der Waals surface area contributed by atoms with Gasteiger partial charge in [0.25, 0.3) is 5.91 Å². The van der Waals surface area contributed by atoms with Crippen molar-refractivity contribution in [2.75, 3.05) is 20.3 Å². The minimum Gasteiger partial charge on any atom is -0.495 e. The van der Waals surface area contributed by atoms with Crippen LogP contribution in [0, 0.1) is 11.8 Å². The van der Waals surface area contributed by atoms with Gasteiger partial charge in [-0.2, -0.15) is 0 Å². The van der Waals surface area contributed by atoms with Gasteiger partial charge in [-0.05, 0) is 24.6 Å². The van der Waals surface area contributed by atoms with Gasteiger partial charge in [0.1, 0.15) is 5.75 Å². The summed E-state index contributed by atoms with van der Waals surface area (Å²) >= 11 is 0. The van der Waals surface area contributed by atoms with Crippen LogP contribution in [0.2, 0.25) is 0 Å². The van der Waals surface area contributed by atoms with E-state index < -0.39 is 0 Å². The van der Waals surface area contributed by atoms with Crippen molar-refractivity contribution in [1.29, 1.82) is 0 Å². The lowest BCUT2D eigenvalue weighted by molar-refractivity contribution is 0.0953. The molecule has 0 radical (unpaired) electrons. The molecule has 0 bridgehead atoms. The van der Waals surface area contributed by atoms with Crippen molar-refractivity contribution >= 4 is 5.91 Å². The van der Waals surface area contributed by atoms with Crippen LogP contribution >= 0.6 is 0 Å². The number of aliphatic hydroxyl groups is 1. The minimum absolute atomic E-state index is 0.0203. The van der Waals surface area contributed by atoms with Crippen molar-refractivity contribution < 1.29 is 14.6 Å². The van der Waals surface area contributed by atoms with Crippen molar-refractivity contribution in [1.82, 2.24) is 5.32 Å². The summed E-state index contributed by atoms with van der Waals surface area (Å²) in [5.74, 6) is 6.27. The van der Waals surface area contributed by atoms with Crippen LogP contribution in [-0.4, -0.2) is 31.3 Å². The number of hydrogen-bond donors (Lipinski definition) is 2. The quantitative estimate of drug-likeness (QED) is 0.616. The molecule has 0 spiro atoms. The first-order valence-corrected chi connectivity index (χ1v) is 6.78. The Morgan fingerprint density at radius 1 is 1.45 bits per heavy atom. The highest BCUT2D eigenvalue weighted by Crippen LogP contribution is 2.18. The Morgan fingerprint density at radius 2 is 2.25 bits per heavy atom. The third kappa shape index (κ3) is 4.94. The van der Waals surface area contributed by atoms with Crippen LogP contribution in [-0.2, 0) is 0 Å². The smallest absolute Gasteiger partial charge is 0.251 e. The van der Waals surface area contributed by atoms with Gasteiger partial charge in [0.05, 0.1) is 19.3 Å². The molecule has 4 nitrogen and oxygen atoms in total. The van der Waals surface area contributed by atoms with Crippen LogP contribution in [0.4, 0.5) is 0 Å². The number of unbranched alkanes of at least 4 members (excludes halogenated alkanes) is 1. The molecule has 1 aromatic rings. The summed E-state index contributed by atoms with van der Waals surface area (Å²) in [5, 5.41) is 11.6. The zero-order chi connectivity index (χ0) is 14.8. The molecule has 0 aliphatic rings. The van der Waals surface area contributed by atoms with E-state index in [1.807, 2.05) is 0 Å². The van der Waals surface area contributed by atoms with Gasteiger partial charge in [-0.3, -0.25) is 4.79 Å². The van der Waals surface area contributed by atoms with Gasteiger partial charge in [0.15, 0.2) is 0 Å². The van der Waals surface area contributed by atoms with Crippen LogP contribution in [0.1, 0.15) is 42.1 Å². The lowest BCUT2D eigenvalue weighted by Gasteiger charge is -2.07. The SMILES string of the molecule is CCCCNC(=O)c1ccc(OC)c(C#CCCO)c1. The summed E-state index contributed by atoms with van der Waals surface area (Å²) in [4.78, 5) is 12.0. The van der Waals surface area contributed by atoms with Gasteiger partial charge in [-0.25, -0.2) is 0 Å². The number of aliphatic hydroxyl groups excluding tert-OH is 1. The van der Waals surface area contributed by atoms with Crippen LogP contribution in [0.5, 0.6) is 5.75 Å². The normalized spacial score (nSPS) is 9.55. The standard InChI is InChI=1S/C16H21NO3/c1-3-4-10-17-16(19)14-8-9-15(20-2)13(12-14)7-5-6-11-18/h8-9,12,18H,3-4,6,10-11H2,1-2H3,(H,17,19). The molecule has 1 amide bonds. The predicted molar refractivity (Wildman–Crippen MR) is 78.8 cm³/mol. The van der Waals surface area contributed by atoms with E-state index in [-0.39, 0.29) is 12.5 Å². The van der Waals surface area contributed by atoms with E-state index in [4.69, 9.17) is 9.84 Å². The summed E-state index contributed by atoms with van der Waals surface area (Å²) in [5.41, 5.74) is 1.22. The molecule has 108 valence electrons. The molecule has 4 heteroatoms. The molecule has 1 aromatic carbocycles. The highest BCUT2D eigenvalue weighted by Gasteiger charge is 2.08. The Labute approximate surface area is 120 Å². The fraction of sp³-hybridized carbons (Fsp3) is 0.438. The number of benzene rings is 1. The van der Waals surface area contributed by atoms with E-state index in [9.17, 15) is 4.79 Å². The number of rotatable bonds is 6. The van der Waals surface area contributed by atoms with Gasteiger partial charge >= 0.3 is 0 Å². The van der Waals surface area contributed by atoms with Crippen molar-refractivity contribution in [2.24, 2.45) is 0 Å². The summed E-state index contributed by atoms with van der Waals surface area (Å²) < 4.78 is 5.21. The molecule has 0 unspecified atom stereocenters. The maximum absolute atomic E-state index is 12.0. The van der Waals surface area contributed by atoms with Gasteiger partial charge in [0.2, 0.25) is 0 Å². The molecular weight excluding hydrogens is 254 g/mol. The molecule has 2 N–H and O–H groups in total. The topological polar surface area (TPSA) is 58.6 Å². The second-order valence-electron chi connectivity index (χ2n) is 4.30. The number of carbonyl (C=O) groups excluding carboxylic acids is 1. The predicted octanol–water partition coefficient (Wildman–Crippen LogP) is 1.96. The number of carbonyl (C=O) groups is 1. The molecule has 0 aliphatic heterocycles. The molecule has 1 rings (SSSR count). The lowest BCUT2D eigenvalue weighted by atomic mass is 10.1. The molecule has 0 heterocycles. The van der Waals surface area contributed by atoms with Gasteiger partial charge < -0.3 is 15.2 Å². The fourth-order valence-electron chi connectivity index (χ4n) is 1.64. The summed E-state index contributed by atoms with van der Waals surface area (Å²) in [6.45, 7) is 2.77. The van der Waals surface area contributed by atoms with E-state index >= 15 is 0 Å². The van der Waals surface area contributed by atoms with E-state index in [0.717, 1.165) is 12.8 Å². The number of amides is 1. The van der Waals surface area contributed by atoms with Gasteiger partial charge in [-0.15, -0.1) is 0 Å². The van der Waals surface area contributed by atoms with Crippen molar-refractivity contribution in [3.05, 3.63) is 29.3 Å². The Morgan fingerprint density at radius 3 is 2.90 bits per heavy atom. The largest absolute Gasteiger partial charge is 0.495 e. The third-order valence-corrected chi connectivity index (χ3v) is 2.74. The zero-order valence-electron chi connectivity index (χ0n) is 12.0. The molecule has 0 fully saturated rings.